The van der Waals surface area contributed by atoms with Crippen LogP contribution in [0, 0.1) is 5.41 Å². The summed E-state index contributed by atoms with van der Waals surface area (Å²) in [6, 6.07) is 8.65. The molecule has 0 spiro atoms. The van der Waals surface area contributed by atoms with Crippen molar-refractivity contribution in [1.29, 1.82) is 0 Å². The van der Waals surface area contributed by atoms with Crippen LogP contribution >= 0.6 is 0 Å². The molecule has 1 aliphatic rings. The van der Waals surface area contributed by atoms with E-state index < -0.39 is 0 Å². The van der Waals surface area contributed by atoms with E-state index in [1.54, 1.807) is 0 Å². The summed E-state index contributed by atoms with van der Waals surface area (Å²) in [4.78, 5) is 10.6. The first-order chi connectivity index (χ1) is 21.6. The van der Waals surface area contributed by atoms with Crippen molar-refractivity contribution in [2.24, 2.45) is 15.4 Å². The van der Waals surface area contributed by atoms with Gasteiger partial charge in [-0.2, -0.15) is 0 Å². The maximum atomic E-state index is 11.5. The highest BCUT2D eigenvalue weighted by atomic mass is 16.3. The van der Waals surface area contributed by atoms with Crippen molar-refractivity contribution < 1.29 is 10.2 Å². The molecule has 2 N–H and O–H groups in total. The largest absolute Gasteiger partial charge is 0.507 e. The molecular formula is C43H68N2O2. The Hall–Kier alpha value is -2.62. The van der Waals surface area contributed by atoms with Gasteiger partial charge in [0.1, 0.15) is 11.5 Å². The summed E-state index contributed by atoms with van der Waals surface area (Å²) in [5, 5.41) is 23.0. The molecule has 1 aliphatic carbocycles. The fraction of sp³-hybridized carbons (Fsp3) is 0.674. The molecular weight excluding hydrogens is 576 g/mol. The van der Waals surface area contributed by atoms with E-state index in [0.717, 1.165) is 35.1 Å². The number of hydrogen-bond acceptors (Lipinski definition) is 4. The first-order valence-electron chi connectivity index (χ1n) is 18.4. The van der Waals surface area contributed by atoms with Crippen LogP contribution in [0.15, 0.2) is 34.3 Å². The van der Waals surface area contributed by atoms with Crippen molar-refractivity contribution in [3.8, 4) is 11.5 Å². The molecule has 0 aliphatic heterocycles. The van der Waals surface area contributed by atoms with Crippen LogP contribution in [-0.4, -0.2) is 34.7 Å². The second-order valence-corrected chi connectivity index (χ2v) is 18.5. The summed E-state index contributed by atoms with van der Waals surface area (Å²) >= 11 is 0. The number of benzene rings is 2. The minimum Gasteiger partial charge on any atom is -0.507 e. The Morgan fingerprint density at radius 1 is 0.553 bits per heavy atom. The summed E-state index contributed by atoms with van der Waals surface area (Å²) in [6.07, 6.45) is 13.2. The van der Waals surface area contributed by atoms with Crippen LogP contribution in [0.3, 0.4) is 0 Å². The number of unbranched alkanes of at least 4 members (excludes halogenated alkanes) is 4. The van der Waals surface area contributed by atoms with E-state index in [4.69, 9.17) is 9.98 Å². The molecule has 4 heteroatoms. The van der Waals surface area contributed by atoms with Crippen LogP contribution in [0.1, 0.15) is 182 Å². The molecule has 0 bridgehead atoms. The first-order valence-corrected chi connectivity index (χ1v) is 18.4. The van der Waals surface area contributed by atoms with Gasteiger partial charge < -0.3 is 10.2 Å². The van der Waals surface area contributed by atoms with E-state index in [0.29, 0.717) is 11.5 Å². The summed E-state index contributed by atoms with van der Waals surface area (Å²) in [5.41, 5.74) is 5.39. The van der Waals surface area contributed by atoms with Crippen molar-refractivity contribution >= 4 is 12.4 Å². The minimum atomic E-state index is -0.195. The van der Waals surface area contributed by atoms with Crippen LogP contribution < -0.4 is 0 Å². The summed E-state index contributed by atoms with van der Waals surface area (Å²) in [7, 11) is 0. The fourth-order valence-electron chi connectivity index (χ4n) is 6.87. The molecule has 262 valence electrons. The fourth-order valence-corrected chi connectivity index (χ4v) is 6.87. The van der Waals surface area contributed by atoms with Gasteiger partial charge in [-0.05, 0) is 57.8 Å². The number of phenolic OH excluding ortho intramolecular Hbond substituents is 2. The van der Waals surface area contributed by atoms with Crippen molar-refractivity contribution in [2.45, 2.75) is 182 Å². The third-order valence-electron chi connectivity index (χ3n) is 10.2. The molecule has 47 heavy (non-hydrogen) atoms. The maximum absolute atomic E-state index is 11.5. The topological polar surface area (TPSA) is 65.2 Å². The predicted molar refractivity (Wildman–Crippen MR) is 204 cm³/mol. The van der Waals surface area contributed by atoms with Gasteiger partial charge in [-0.1, -0.05) is 148 Å². The molecule has 0 radical (unpaired) electrons. The van der Waals surface area contributed by atoms with Gasteiger partial charge in [0.15, 0.2) is 0 Å². The molecule has 0 saturated heterocycles. The highest BCUT2D eigenvalue weighted by Gasteiger charge is 2.63. The van der Waals surface area contributed by atoms with E-state index >= 15 is 0 Å². The zero-order chi connectivity index (χ0) is 35.6. The predicted octanol–water partition coefficient (Wildman–Crippen LogP) is 11.7. The van der Waals surface area contributed by atoms with Gasteiger partial charge in [-0.15, -0.1) is 0 Å². The lowest BCUT2D eigenvalue weighted by molar-refractivity contribution is 0.367. The van der Waals surface area contributed by atoms with Gasteiger partial charge in [-0.25, -0.2) is 0 Å². The number of rotatable bonds is 12. The van der Waals surface area contributed by atoms with Gasteiger partial charge >= 0.3 is 0 Å². The molecule has 0 heterocycles. The first kappa shape index (κ1) is 38.8. The van der Waals surface area contributed by atoms with Crippen molar-refractivity contribution in [3.05, 3.63) is 57.6 Å². The maximum Gasteiger partial charge on any atom is 0.128 e. The minimum absolute atomic E-state index is 0.00837. The number of aliphatic imine (C=N–C) groups is 2. The van der Waals surface area contributed by atoms with Crippen molar-refractivity contribution in [1.82, 2.24) is 0 Å². The van der Waals surface area contributed by atoms with Gasteiger partial charge in [0, 0.05) is 40.1 Å². The van der Waals surface area contributed by atoms with Gasteiger partial charge in [0.05, 0.1) is 12.1 Å². The average Bonchev–Trinajstić information content (AvgIpc) is 3.53. The highest BCUT2D eigenvalue weighted by Crippen LogP contribution is 2.58. The van der Waals surface area contributed by atoms with Gasteiger partial charge in [-0.3, -0.25) is 9.98 Å². The molecule has 0 aromatic heterocycles. The summed E-state index contributed by atoms with van der Waals surface area (Å²) < 4.78 is 0. The number of hydrogen-bond donors (Lipinski definition) is 2. The molecule has 1 fully saturated rings. The average molecular weight is 645 g/mol. The van der Waals surface area contributed by atoms with E-state index in [2.05, 4.69) is 121 Å². The number of nitrogens with zero attached hydrogens (tertiary/aromatic N) is 2. The number of aromatic hydroxyl groups is 2. The van der Waals surface area contributed by atoms with Crippen molar-refractivity contribution in [3.63, 3.8) is 0 Å². The monoisotopic (exact) mass is 645 g/mol. The lowest BCUT2D eigenvalue weighted by Crippen LogP contribution is -2.17. The SMILES string of the molecule is CCCCCC1(CCCCC)C(N=Cc2cc(C(C)(C)C)cc(C(C)(C)C)c2O)C1N=Cc1cc(C(C)(C)C)cc(C(C)(C)C)c1O. The van der Waals surface area contributed by atoms with E-state index in [1.165, 1.54) is 49.7 Å². The molecule has 4 nitrogen and oxygen atoms in total. The Balaban J connectivity index is 2.15. The highest BCUT2D eigenvalue weighted by molar-refractivity contribution is 5.87. The van der Waals surface area contributed by atoms with E-state index in [9.17, 15) is 10.2 Å². The third kappa shape index (κ3) is 9.30. The molecule has 2 aromatic carbocycles. The molecule has 2 unspecified atom stereocenters. The van der Waals surface area contributed by atoms with Crippen molar-refractivity contribution in [2.75, 3.05) is 0 Å². The number of phenols is 2. The zero-order valence-electron chi connectivity index (χ0n) is 32.6. The molecule has 2 aromatic rings. The zero-order valence-corrected chi connectivity index (χ0v) is 32.6. The van der Waals surface area contributed by atoms with Crippen LogP contribution in [-0.2, 0) is 21.7 Å². The Labute approximate surface area is 288 Å². The third-order valence-corrected chi connectivity index (χ3v) is 10.2. The Morgan fingerprint density at radius 2 is 0.894 bits per heavy atom. The second-order valence-electron chi connectivity index (χ2n) is 18.5. The lowest BCUT2D eigenvalue weighted by atomic mass is 9.79. The quantitative estimate of drug-likeness (QED) is 0.178. The molecule has 0 amide bonds. The van der Waals surface area contributed by atoms with Gasteiger partial charge in [0.2, 0.25) is 0 Å². The van der Waals surface area contributed by atoms with Crippen LogP contribution in [0.2, 0.25) is 0 Å². The van der Waals surface area contributed by atoms with Crippen LogP contribution in [0.5, 0.6) is 11.5 Å². The summed E-state index contributed by atoms with van der Waals surface area (Å²) in [6.45, 7) is 30.8. The van der Waals surface area contributed by atoms with E-state index in [1.807, 2.05) is 12.4 Å². The molecule has 1 saturated carbocycles. The Bertz CT molecular complexity index is 1310. The molecule has 3 rings (SSSR count). The normalized spacial score (nSPS) is 18.9. The van der Waals surface area contributed by atoms with Gasteiger partial charge in [0.25, 0.3) is 0 Å². The second kappa shape index (κ2) is 14.5. The van der Waals surface area contributed by atoms with E-state index in [-0.39, 0.29) is 39.2 Å². The Kier molecular flexibility index (Phi) is 12.0. The lowest BCUT2D eigenvalue weighted by Gasteiger charge is -2.27. The van der Waals surface area contributed by atoms with Crippen LogP contribution in [0.4, 0.5) is 0 Å². The smallest absolute Gasteiger partial charge is 0.128 e. The summed E-state index contributed by atoms with van der Waals surface area (Å²) in [5.74, 6) is 0.660. The molecule has 2 atom stereocenters. The Morgan fingerprint density at radius 3 is 1.17 bits per heavy atom. The standard InChI is InChI=1S/C43H68N2O2/c1-15-17-19-21-43(22-20-18-16-2)37(44-27-29-23-31(39(3,4)5)25-33(35(29)46)41(9,10)11)38(43)45-28-30-24-32(40(6,7)8)26-34(36(30)47)42(12,13)14/h23-28,37-38,46-47H,15-22H2,1-14H3. The van der Waals surface area contributed by atoms with Crippen LogP contribution in [0.25, 0.3) is 0 Å².